The van der Waals surface area contributed by atoms with Crippen LogP contribution in [0.5, 0.6) is 11.5 Å². The Morgan fingerprint density at radius 3 is 2.73 bits per heavy atom. The van der Waals surface area contributed by atoms with Crippen molar-refractivity contribution in [2.75, 3.05) is 37.5 Å². The lowest BCUT2D eigenvalue weighted by molar-refractivity contribution is 0.355. The zero-order valence-corrected chi connectivity index (χ0v) is 16.0. The topological polar surface area (TPSA) is 59.5 Å². The fraction of sp³-hybridized carbons (Fsp3) is 0.500. The average molecular weight is 356 g/mol. The van der Waals surface area contributed by atoms with Crippen molar-refractivity contribution < 1.29 is 9.47 Å². The maximum absolute atomic E-state index is 5.41. The SMILES string of the molecule is COc1ccc(N[C@H]2CCCN(c3ncncc3C(C)C)C2)cc1OC. The summed E-state index contributed by atoms with van der Waals surface area (Å²) in [4.78, 5) is 11.1. The zero-order chi connectivity index (χ0) is 18.5. The minimum atomic E-state index is 0.358. The largest absolute Gasteiger partial charge is 0.493 e. The van der Waals surface area contributed by atoms with Crippen LogP contribution in [0.1, 0.15) is 38.2 Å². The highest BCUT2D eigenvalue weighted by Gasteiger charge is 2.23. The van der Waals surface area contributed by atoms with Crippen LogP contribution >= 0.6 is 0 Å². The second kappa shape index (κ2) is 8.25. The molecule has 0 amide bonds. The third-order valence-corrected chi connectivity index (χ3v) is 4.82. The van der Waals surface area contributed by atoms with E-state index < -0.39 is 0 Å². The Morgan fingerprint density at radius 1 is 1.19 bits per heavy atom. The van der Waals surface area contributed by atoms with Crippen molar-refractivity contribution in [1.82, 2.24) is 9.97 Å². The van der Waals surface area contributed by atoms with Crippen molar-refractivity contribution in [1.29, 1.82) is 0 Å². The maximum Gasteiger partial charge on any atom is 0.162 e. The first kappa shape index (κ1) is 18.3. The molecule has 0 bridgehead atoms. The van der Waals surface area contributed by atoms with Gasteiger partial charge in [-0.2, -0.15) is 0 Å². The summed E-state index contributed by atoms with van der Waals surface area (Å²) in [6, 6.07) is 6.31. The van der Waals surface area contributed by atoms with E-state index in [4.69, 9.17) is 9.47 Å². The summed E-state index contributed by atoms with van der Waals surface area (Å²) in [6.45, 7) is 6.32. The predicted octanol–water partition coefficient (Wildman–Crippen LogP) is 3.70. The molecule has 1 aromatic heterocycles. The number of nitrogens with one attached hydrogen (secondary N) is 1. The molecule has 2 aromatic rings. The number of rotatable bonds is 6. The van der Waals surface area contributed by atoms with Gasteiger partial charge in [-0.05, 0) is 30.9 Å². The van der Waals surface area contributed by atoms with Crippen molar-refractivity contribution in [2.24, 2.45) is 0 Å². The number of methoxy groups -OCH3 is 2. The Hall–Kier alpha value is -2.50. The van der Waals surface area contributed by atoms with Gasteiger partial charge in [0, 0.05) is 42.6 Å². The second-order valence-electron chi connectivity index (χ2n) is 6.96. The van der Waals surface area contributed by atoms with Gasteiger partial charge in [0.15, 0.2) is 11.5 Å². The molecule has 0 unspecified atom stereocenters. The third kappa shape index (κ3) is 4.00. The van der Waals surface area contributed by atoms with Crippen molar-refractivity contribution in [3.8, 4) is 11.5 Å². The first-order chi connectivity index (χ1) is 12.6. The monoisotopic (exact) mass is 356 g/mol. The highest BCUT2D eigenvalue weighted by Crippen LogP contribution is 2.31. The molecule has 1 N–H and O–H groups in total. The quantitative estimate of drug-likeness (QED) is 0.852. The molecule has 3 rings (SSSR count). The number of aromatic nitrogens is 2. The van der Waals surface area contributed by atoms with Crippen LogP contribution in [0.2, 0.25) is 0 Å². The van der Waals surface area contributed by atoms with Crippen molar-refractivity contribution in [3.63, 3.8) is 0 Å². The fourth-order valence-corrected chi connectivity index (χ4v) is 3.45. The average Bonchev–Trinajstić information content (AvgIpc) is 2.68. The van der Waals surface area contributed by atoms with E-state index in [1.807, 2.05) is 24.4 Å². The molecule has 1 saturated heterocycles. The molecule has 140 valence electrons. The smallest absolute Gasteiger partial charge is 0.162 e. The summed E-state index contributed by atoms with van der Waals surface area (Å²) in [5.74, 6) is 2.95. The lowest BCUT2D eigenvalue weighted by atomic mass is 10.0. The Morgan fingerprint density at radius 2 is 2.00 bits per heavy atom. The number of anilines is 2. The van der Waals surface area contributed by atoms with Crippen molar-refractivity contribution in [2.45, 2.75) is 38.6 Å². The summed E-state index contributed by atoms with van der Waals surface area (Å²) in [5, 5.41) is 3.63. The normalized spacial score (nSPS) is 17.3. The van der Waals surface area contributed by atoms with Gasteiger partial charge < -0.3 is 19.7 Å². The molecule has 1 aliphatic rings. The standard InChI is InChI=1S/C20H28N4O2/c1-14(2)17-11-21-13-22-20(17)24-9-5-6-16(12-24)23-15-7-8-18(25-3)19(10-15)26-4/h7-8,10-11,13-14,16,23H,5-6,9,12H2,1-4H3/t16-/m0/s1. The van der Waals surface area contributed by atoms with E-state index in [9.17, 15) is 0 Å². The van der Waals surface area contributed by atoms with Gasteiger partial charge in [-0.15, -0.1) is 0 Å². The number of ether oxygens (including phenoxy) is 2. The van der Waals surface area contributed by atoms with Gasteiger partial charge >= 0.3 is 0 Å². The second-order valence-corrected chi connectivity index (χ2v) is 6.96. The molecule has 2 heterocycles. The molecule has 6 heteroatoms. The lowest BCUT2D eigenvalue weighted by Crippen LogP contribution is -2.43. The van der Waals surface area contributed by atoms with Gasteiger partial charge in [0.25, 0.3) is 0 Å². The third-order valence-electron chi connectivity index (χ3n) is 4.82. The number of hydrogen-bond donors (Lipinski definition) is 1. The van der Waals surface area contributed by atoms with Crippen LogP contribution in [-0.4, -0.2) is 43.3 Å². The minimum Gasteiger partial charge on any atom is -0.493 e. The Labute approximate surface area is 155 Å². The summed E-state index contributed by atoms with van der Waals surface area (Å²) in [5.41, 5.74) is 2.25. The van der Waals surface area contributed by atoms with Gasteiger partial charge in [-0.3, -0.25) is 0 Å². The lowest BCUT2D eigenvalue weighted by Gasteiger charge is -2.35. The molecule has 1 aromatic carbocycles. The van der Waals surface area contributed by atoms with Crippen molar-refractivity contribution >= 4 is 11.5 Å². The summed E-state index contributed by atoms with van der Waals surface area (Å²) < 4.78 is 10.7. The van der Waals surface area contributed by atoms with Crippen LogP contribution < -0.4 is 19.7 Å². The van der Waals surface area contributed by atoms with E-state index in [0.29, 0.717) is 12.0 Å². The van der Waals surface area contributed by atoms with Crippen molar-refractivity contribution in [3.05, 3.63) is 36.3 Å². The molecule has 0 spiro atoms. The molecule has 6 nitrogen and oxygen atoms in total. The first-order valence-electron chi connectivity index (χ1n) is 9.15. The number of nitrogens with zero attached hydrogens (tertiary/aromatic N) is 3. The van der Waals surface area contributed by atoms with Crippen LogP contribution in [-0.2, 0) is 0 Å². The number of piperidine rings is 1. The zero-order valence-electron chi connectivity index (χ0n) is 16.0. The Balaban J connectivity index is 1.73. The highest BCUT2D eigenvalue weighted by molar-refractivity contribution is 5.56. The van der Waals surface area contributed by atoms with Gasteiger partial charge in [0.1, 0.15) is 12.1 Å². The summed E-state index contributed by atoms with van der Waals surface area (Å²) >= 11 is 0. The van der Waals surface area contributed by atoms with Crippen LogP contribution in [0, 0.1) is 0 Å². The van der Waals surface area contributed by atoms with Gasteiger partial charge in [-0.25, -0.2) is 9.97 Å². The van der Waals surface area contributed by atoms with E-state index >= 15 is 0 Å². The number of benzene rings is 1. The molecular weight excluding hydrogens is 328 g/mol. The summed E-state index contributed by atoms with van der Waals surface area (Å²) in [7, 11) is 3.31. The molecular formula is C20H28N4O2. The molecule has 0 saturated carbocycles. The van der Waals surface area contributed by atoms with E-state index in [1.165, 1.54) is 5.56 Å². The predicted molar refractivity (Wildman–Crippen MR) is 105 cm³/mol. The molecule has 1 atom stereocenters. The van der Waals surface area contributed by atoms with Crippen LogP contribution in [0.15, 0.2) is 30.7 Å². The van der Waals surface area contributed by atoms with E-state index in [-0.39, 0.29) is 0 Å². The Bertz CT molecular complexity index is 736. The van der Waals surface area contributed by atoms with E-state index in [0.717, 1.165) is 48.9 Å². The van der Waals surface area contributed by atoms with Gasteiger partial charge in [0.2, 0.25) is 0 Å². The fourth-order valence-electron chi connectivity index (χ4n) is 3.45. The van der Waals surface area contributed by atoms with Crippen LogP contribution in [0.3, 0.4) is 0 Å². The maximum atomic E-state index is 5.41. The van der Waals surface area contributed by atoms with Crippen LogP contribution in [0.25, 0.3) is 0 Å². The van der Waals surface area contributed by atoms with Gasteiger partial charge in [-0.1, -0.05) is 13.8 Å². The molecule has 0 aliphatic carbocycles. The number of hydrogen-bond acceptors (Lipinski definition) is 6. The first-order valence-corrected chi connectivity index (χ1v) is 9.15. The molecule has 0 radical (unpaired) electrons. The van der Waals surface area contributed by atoms with Gasteiger partial charge in [0.05, 0.1) is 14.2 Å². The Kier molecular flexibility index (Phi) is 5.81. The molecule has 1 fully saturated rings. The molecule has 26 heavy (non-hydrogen) atoms. The summed E-state index contributed by atoms with van der Waals surface area (Å²) in [6.07, 6.45) is 5.85. The molecule has 1 aliphatic heterocycles. The van der Waals surface area contributed by atoms with Crippen LogP contribution in [0.4, 0.5) is 11.5 Å². The van der Waals surface area contributed by atoms with E-state index in [1.54, 1.807) is 20.5 Å². The highest BCUT2D eigenvalue weighted by atomic mass is 16.5. The minimum absolute atomic E-state index is 0.358. The van der Waals surface area contributed by atoms with E-state index in [2.05, 4.69) is 34.0 Å².